The summed E-state index contributed by atoms with van der Waals surface area (Å²) in [6.07, 6.45) is 4.46. The van der Waals surface area contributed by atoms with E-state index in [0.29, 0.717) is 17.9 Å². The van der Waals surface area contributed by atoms with E-state index < -0.39 is 0 Å². The van der Waals surface area contributed by atoms with E-state index in [4.69, 9.17) is 12.2 Å². The Hall–Kier alpha value is -0.880. The Bertz CT molecular complexity index is 495. The molecule has 1 amide bonds. The molecule has 3 aliphatic rings. The average Bonchev–Trinajstić information content (AvgIpc) is 3.29. The molecule has 0 radical (unpaired) electrons. The summed E-state index contributed by atoms with van der Waals surface area (Å²) in [6, 6.07) is 0.326. The number of piperidine rings is 1. The molecule has 2 aliphatic heterocycles. The van der Waals surface area contributed by atoms with Crippen molar-refractivity contribution in [1.82, 2.24) is 20.4 Å². The zero-order valence-corrected chi connectivity index (χ0v) is 16.3. The number of thiocarbonyl (C=S) groups is 1. The van der Waals surface area contributed by atoms with E-state index in [1.54, 1.807) is 0 Å². The highest BCUT2D eigenvalue weighted by atomic mass is 32.1. The quantitative estimate of drug-likeness (QED) is 0.757. The van der Waals surface area contributed by atoms with Gasteiger partial charge in [-0.05, 0) is 50.7 Å². The standard InChI is InChI=1S/C18H32N4OS/c1-12(2)15-16(23)22(11-14-5-6-14)18(20-15)7-9-21(10-8-18)17(24)19-13(3)4/h12-15,20H,5-11H2,1-4H3,(H,19,24)/t15-/m0/s1. The Kier molecular flexibility index (Phi) is 5.07. The molecule has 6 heteroatoms. The van der Waals surface area contributed by atoms with Gasteiger partial charge in [-0.3, -0.25) is 10.1 Å². The van der Waals surface area contributed by atoms with Crippen molar-refractivity contribution in [3.05, 3.63) is 0 Å². The molecule has 5 nitrogen and oxygen atoms in total. The molecule has 1 saturated carbocycles. The molecule has 3 fully saturated rings. The number of hydrogen-bond acceptors (Lipinski definition) is 3. The summed E-state index contributed by atoms with van der Waals surface area (Å²) in [7, 11) is 0. The van der Waals surface area contributed by atoms with Gasteiger partial charge in [-0.15, -0.1) is 0 Å². The van der Waals surface area contributed by atoms with Crippen molar-refractivity contribution >= 4 is 23.2 Å². The Morgan fingerprint density at radius 2 is 1.92 bits per heavy atom. The smallest absolute Gasteiger partial charge is 0.241 e. The lowest BCUT2D eigenvalue weighted by atomic mass is 9.95. The Balaban J connectivity index is 1.69. The first kappa shape index (κ1) is 17.9. The first-order valence-electron chi connectivity index (χ1n) is 9.47. The van der Waals surface area contributed by atoms with Gasteiger partial charge in [0.2, 0.25) is 5.91 Å². The van der Waals surface area contributed by atoms with Crippen LogP contribution in [0.4, 0.5) is 0 Å². The number of nitrogens with one attached hydrogen (secondary N) is 2. The topological polar surface area (TPSA) is 47.6 Å². The number of carbonyl (C=O) groups is 1. The first-order valence-corrected chi connectivity index (χ1v) is 9.88. The van der Waals surface area contributed by atoms with E-state index in [-0.39, 0.29) is 11.7 Å². The van der Waals surface area contributed by atoms with Crippen molar-refractivity contribution in [3.63, 3.8) is 0 Å². The van der Waals surface area contributed by atoms with Gasteiger partial charge in [0.1, 0.15) is 0 Å². The second-order valence-corrected chi connectivity index (χ2v) is 8.77. The van der Waals surface area contributed by atoms with Crippen LogP contribution in [0.3, 0.4) is 0 Å². The fourth-order valence-corrected chi connectivity index (χ4v) is 4.33. The summed E-state index contributed by atoms with van der Waals surface area (Å²) in [5, 5.41) is 7.91. The molecule has 136 valence electrons. The summed E-state index contributed by atoms with van der Waals surface area (Å²) in [4.78, 5) is 17.4. The molecule has 1 aliphatic carbocycles. The van der Waals surface area contributed by atoms with E-state index >= 15 is 0 Å². The number of likely N-dealkylation sites (tertiary alicyclic amines) is 1. The predicted molar refractivity (Wildman–Crippen MR) is 101 cm³/mol. The minimum Gasteiger partial charge on any atom is -0.360 e. The molecule has 24 heavy (non-hydrogen) atoms. The Morgan fingerprint density at radius 1 is 1.29 bits per heavy atom. The molecule has 0 aromatic carbocycles. The van der Waals surface area contributed by atoms with Crippen LogP contribution in [0.1, 0.15) is 53.4 Å². The third-order valence-corrected chi connectivity index (χ3v) is 5.94. The molecule has 2 heterocycles. The Labute approximate surface area is 151 Å². The van der Waals surface area contributed by atoms with Gasteiger partial charge in [-0.2, -0.15) is 0 Å². The van der Waals surface area contributed by atoms with Crippen LogP contribution in [-0.2, 0) is 4.79 Å². The predicted octanol–water partition coefficient (Wildman–Crippen LogP) is 1.93. The highest BCUT2D eigenvalue weighted by Gasteiger charge is 2.53. The maximum absolute atomic E-state index is 13.0. The summed E-state index contributed by atoms with van der Waals surface area (Å²) in [6.45, 7) is 11.2. The normalized spacial score (nSPS) is 26.8. The van der Waals surface area contributed by atoms with Gasteiger partial charge >= 0.3 is 0 Å². The molecular weight excluding hydrogens is 320 g/mol. The van der Waals surface area contributed by atoms with Gasteiger partial charge in [0.25, 0.3) is 0 Å². The SMILES string of the molecule is CC(C)NC(=S)N1CCC2(CC1)N[C@@H](C(C)C)C(=O)N2CC1CC1. The van der Waals surface area contributed by atoms with Crippen molar-refractivity contribution in [3.8, 4) is 0 Å². The second-order valence-electron chi connectivity index (χ2n) is 8.38. The van der Waals surface area contributed by atoms with Crippen LogP contribution in [-0.4, -0.2) is 58.2 Å². The molecule has 1 spiro atoms. The number of rotatable bonds is 4. The van der Waals surface area contributed by atoms with Crippen molar-refractivity contribution < 1.29 is 4.79 Å². The molecule has 0 bridgehead atoms. The van der Waals surface area contributed by atoms with E-state index in [2.05, 4.69) is 48.1 Å². The minimum absolute atomic E-state index is 0.0314. The molecule has 1 atom stereocenters. The van der Waals surface area contributed by atoms with Crippen molar-refractivity contribution in [2.75, 3.05) is 19.6 Å². The lowest BCUT2D eigenvalue weighted by molar-refractivity contribution is -0.134. The van der Waals surface area contributed by atoms with Crippen LogP contribution in [0.2, 0.25) is 0 Å². The third-order valence-electron chi connectivity index (χ3n) is 5.57. The van der Waals surface area contributed by atoms with Crippen molar-refractivity contribution in [2.24, 2.45) is 11.8 Å². The highest BCUT2D eigenvalue weighted by molar-refractivity contribution is 7.80. The molecular formula is C18H32N4OS. The maximum Gasteiger partial charge on any atom is 0.241 e. The summed E-state index contributed by atoms with van der Waals surface area (Å²) < 4.78 is 0. The largest absolute Gasteiger partial charge is 0.360 e. The van der Waals surface area contributed by atoms with Crippen molar-refractivity contribution in [1.29, 1.82) is 0 Å². The monoisotopic (exact) mass is 352 g/mol. The molecule has 2 N–H and O–H groups in total. The van der Waals surface area contributed by atoms with Crippen LogP contribution < -0.4 is 10.6 Å². The number of carbonyl (C=O) groups excluding carboxylic acids is 1. The first-order chi connectivity index (χ1) is 11.3. The minimum atomic E-state index is -0.154. The van der Waals surface area contributed by atoms with E-state index in [1.807, 2.05) is 0 Å². The highest BCUT2D eigenvalue weighted by Crippen LogP contribution is 2.39. The van der Waals surface area contributed by atoms with E-state index in [0.717, 1.165) is 43.5 Å². The van der Waals surface area contributed by atoms with Crippen LogP contribution in [0, 0.1) is 11.8 Å². The van der Waals surface area contributed by atoms with Gasteiger partial charge in [0.05, 0.1) is 11.7 Å². The van der Waals surface area contributed by atoms with E-state index in [1.165, 1.54) is 12.8 Å². The molecule has 3 rings (SSSR count). The number of hydrogen-bond donors (Lipinski definition) is 2. The van der Waals surface area contributed by atoms with Crippen molar-refractivity contribution in [2.45, 2.75) is 71.1 Å². The summed E-state index contributed by atoms with van der Waals surface area (Å²) in [5.41, 5.74) is -0.154. The Morgan fingerprint density at radius 3 is 2.42 bits per heavy atom. The summed E-state index contributed by atoms with van der Waals surface area (Å²) >= 11 is 5.52. The maximum atomic E-state index is 13.0. The lowest BCUT2D eigenvalue weighted by Gasteiger charge is -2.45. The van der Waals surface area contributed by atoms with Gasteiger partial charge in [0, 0.05) is 38.5 Å². The van der Waals surface area contributed by atoms with E-state index in [9.17, 15) is 4.79 Å². The lowest BCUT2D eigenvalue weighted by Crippen LogP contribution is -2.61. The number of amides is 1. The second kappa shape index (κ2) is 6.79. The van der Waals surface area contributed by atoms with Gasteiger partial charge in [-0.25, -0.2) is 0 Å². The number of nitrogens with zero attached hydrogens (tertiary/aromatic N) is 2. The molecule has 0 aromatic rings. The zero-order valence-electron chi connectivity index (χ0n) is 15.5. The van der Waals surface area contributed by atoms with Crippen LogP contribution in [0.5, 0.6) is 0 Å². The fraction of sp³-hybridized carbons (Fsp3) is 0.889. The molecule has 2 saturated heterocycles. The van der Waals surface area contributed by atoms with Gasteiger partial charge in [0.15, 0.2) is 5.11 Å². The van der Waals surface area contributed by atoms with Gasteiger partial charge < -0.3 is 15.1 Å². The summed E-state index contributed by atoms with van der Waals surface area (Å²) in [5.74, 6) is 1.37. The fourth-order valence-electron chi connectivity index (χ4n) is 3.92. The van der Waals surface area contributed by atoms with Crippen LogP contribution >= 0.6 is 12.2 Å². The zero-order chi connectivity index (χ0) is 17.5. The van der Waals surface area contributed by atoms with Gasteiger partial charge in [-0.1, -0.05) is 13.8 Å². The van der Waals surface area contributed by atoms with Crippen LogP contribution in [0.15, 0.2) is 0 Å². The third kappa shape index (κ3) is 3.54. The molecule has 0 unspecified atom stereocenters. The molecule has 0 aromatic heterocycles. The average molecular weight is 353 g/mol. The van der Waals surface area contributed by atoms with Crippen LogP contribution in [0.25, 0.3) is 0 Å².